The van der Waals surface area contributed by atoms with Gasteiger partial charge in [-0.1, -0.05) is 96.8 Å². The minimum absolute atomic E-state index is 0.113. The molecular weight excluding hydrogens is 538 g/mol. The number of rotatable bonds is 28. The molecule has 0 unspecified atom stereocenters. The Morgan fingerprint density at radius 3 is 1.17 bits per heavy atom. The van der Waals surface area contributed by atoms with Crippen molar-refractivity contribution in [2.75, 3.05) is 67.6 Å². The molecule has 0 aromatic carbocycles. The Morgan fingerprint density at radius 1 is 0.512 bits per heavy atom. The van der Waals surface area contributed by atoms with Crippen LogP contribution < -0.4 is 0 Å². The largest absolute Gasteiger partial charge is 0.399 e. The first-order chi connectivity index (χ1) is 19.6. The van der Waals surface area contributed by atoms with Gasteiger partial charge in [0.25, 0.3) is 0 Å². The first-order valence-corrected chi connectivity index (χ1v) is 18.0. The van der Waals surface area contributed by atoms with Crippen LogP contribution in [0.25, 0.3) is 0 Å². The molecule has 0 fully saturated rings. The van der Waals surface area contributed by atoms with Crippen molar-refractivity contribution >= 4 is 16.3 Å². The molecule has 0 bridgehead atoms. The van der Waals surface area contributed by atoms with Gasteiger partial charge in [-0.25, -0.2) is 8.37 Å². The molecule has 0 aliphatic rings. The van der Waals surface area contributed by atoms with E-state index in [9.17, 15) is 13.2 Å². The lowest BCUT2D eigenvalue weighted by Gasteiger charge is -2.24. The fourth-order valence-corrected chi connectivity index (χ4v) is 5.29. The summed E-state index contributed by atoms with van der Waals surface area (Å²) in [5.41, 5.74) is 0. The lowest BCUT2D eigenvalue weighted by molar-refractivity contribution is -0.131. The van der Waals surface area contributed by atoms with Gasteiger partial charge in [-0.2, -0.15) is 8.42 Å². The lowest BCUT2D eigenvalue weighted by atomic mass is 10.0. The van der Waals surface area contributed by atoms with E-state index in [0.717, 1.165) is 51.9 Å². The van der Waals surface area contributed by atoms with Gasteiger partial charge >= 0.3 is 10.4 Å². The Balaban J connectivity index is 0. The van der Waals surface area contributed by atoms with Crippen molar-refractivity contribution in [2.24, 2.45) is 0 Å². The molecule has 0 spiro atoms. The Hall–Kier alpha value is -0.740. The van der Waals surface area contributed by atoms with Crippen molar-refractivity contribution in [3.05, 3.63) is 0 Å². The highest BCUT2D eigenvalue weighted by Crippen LogP contribution is 2.14. The number of nitrogens with zero attached hydrogens (tertiary/aromatic N) is 3. The molecular formula is C32H69N3O5S. The summed E-state index contributed by atoms with van der Waals surface area (Å²) in [5.74, 6) is 0.372. The summed E-state index contributed by atoms with van der Waals surface area (Å²) in [7, 11) is 4.74. The molecule has 0 aromatic heterocycles. The first-order valence-electron chi connectivity index (χ1n) is 16.7. The molecule has 0 aliphatic carbocycles. The van der Waals surface area contributed by atoms with Crippen molar-refractivity contribution in [3.63, 3.8) is 0 Å². The van der Waals surface area contributed by atoms with Crippen molar-refractivity contribution in [2.45, 2.75) is 136 Å². The monoisotopic (exact) mass is 607 g/mol. The highest BCUT2D eigenvalue weighted by molar-refractivity contribution is 7.81. The number of carbonyl (C=O) groups excluding carboxylic acids is 1. The zero-order valence-electron chi connectivity index (χ0n) is 28.3. The van der Waals surface area contributed by atoms with Gasteiger partial charge in [0.15, 0.2) is 0 Å². The topological polar surface area (TPSA) is 79.4 Å². The number of unbranched alkanes of at least 4 members (excludes halogenated alkanes) is 14. The summed E-state index contributed by atoms with van der Waals surface area (Å²) in [6.07, 6.45) is 23.4. The third-order valence-electron chi connectivity index (χ3n) is 6.94. The van der Waals surface area contributed by atoms with E-state index < -0.39 is 10.4 Å². The highest BCUT2D eigenvalue weighted by atomic mass is 32.3. The van der Waals surface area contributed by atoms with E-state index in [-0.39, 0.29) is 13.2 Å². The van der Waals surface area contributed by atoms with E-state index in [2.05, 4.69) is 58.2 Å². The third-order valence-corrected chi connectivity index (χ3v) is 7.99. The molecule has 0 saturated heterocycles. The van der Waals surface area contributed by atoms with E-state index in [0.29, 0.717) is 5.91 Å². The molecule has 0 atom stereocenters. The van der Waals surface area contributed by atoms with Crippen LogP contribution >= 0.6 is 0 Å². The minimum atomic E-state index is -3.68. The SMILES string of the molecule is CCCCCCCCCCCCCCCCCC(=O)N(CCCN(C)C)CCCN(C)C.CCOS(=O)(=O)OCC. The second-order valence-electron chi connectivity index (χ2n) is 11.6. The van der Waals surface area contributed by atoms with Crippen LogP contribution in [-0.4, -0.2) is 96.6 Å². The molecule has 8 nitrogen and oxygen atoms in total. The average molecular weight is 608 g/mol. The van der Waals surface area contributed by atoms with Gasteiger partial charge in [-0.15, -0.1) is 0 Å². The predicted molar refractivity (Wildman–Crippen MR) is 175 cm³/mol. The van der Waals surface area contributed by atoms with E-state index in [1.54, 1.807) is 13.8 Å². The fourth-order valence-electron chi connectivity index (χ4n) is 4.65. The highest BCUT2D eigenvalue weighted by Gasteiger charge is 2.13. The molecule has 1 amide bonds. The molecule has 0 saturated carbocycles. The van der Waals surface area contributed by atoms with Gasteiger partial charge in [-0.3, -0.25) is 4.79 Å². The molecule has 0 aliphatic heterocycles. The van der Waals surface area contributed by atoms with Crippen LogP contribution in [0.4, 0.5) is 0 Å². The number of amides is 1. The van der Waals surface area contributed by atoms with Gasteiger partial charge in [-0.05, 0) is 74.4 Å². The smallest absolute Gasteiger partial charge is 0.343 e. The van der Waals surface area contributed by atoms with Crippen LogP contribution in [0.1, 0.15) is 136 Å². The number of hydrogen-bond acceptors (Lipinski definition) is 7. The predicted octanol–water partition coefficient (Wildman–Crippen LogP) is 7.28. The molecule has 248 valence electrons. The van der Waals surface area contributed by atoms with Crippen LogP contribution in [0.15, 0.2) is 0 Å². The zero-order chi connectivity index (χ0) is 31.2. The third kappa shape index (κ3) is 33.6. The van der Waals surface area contributed by atoms with E-state index in [1.165, 1.54) is 89.9 Å². The number of carbonyl (C=O) groups is 1. The van der Waals surface area contributed by atoms with Crippen LogP contribution in [0.5, 0.6) is 0 Å². The van der Waals surface area contributed by atoms with E-state index in [4.69, 9.17) is 0 Å². The van der Waals surface area contributed by atoms with Gasteiger partial charge in [0, 0.05) is 19.5 Å². The van der Waals surface area contributed by atoms with Crippen molar-refractivity contribution in [1.82, 2.24) is 14.7 Å². The Kier molecular flexibility index (Phi) is 31.8. The summed E-state index contributed by atoms with van der Waals surface area (Å²) >= 11 is 0. The van der Waals surface area contributed by atoms with Crippen LogP contribution in [0.3, 0.4) is 0 Å². The maximum atomic E-state index is 12.7. The maximum absolute atomic E-state index is 12.7. The maximum Gasteiger partial charge on any atom is 0.399 e. The van der Waals surface area contributed by atoms with Gasteiger partial charge in [0.2, 0.25) is 5.91 Å². The molecule has 0 rings (SSSR count). The quantitative estimate of drug-likeness (QED) is 0.0865. The molecule has 0 aromatic rings. The second kappa shape index (κ2) is 30.7. The van der Waals surface area contributed by atoms with Crippen LogP contribution in [0.2, 0.25) is 0 Å². The first kappa shape index (κ1) is 42.4. The van der Waals surface area contributed by atoms with Crippen molar-refractivity contribution in [1.29, 1.82) is 0 Å². The van der Waals surface area contributed by atoms with Crippen molar-refractivity contribution in [3.8, 4) is 0 Å². The summed E-state index contributed by atoms with van der Waals surface area (Å²) in [6, 6.07) is 0. The van der Waals surface area contributed by atoms with Crippen LogP contribution in [-0.2, 0) is 23.6 Å². The summed E-state index contributed by atoms with van der Waals surface area (Å²) in [5, 5.41) is 0. The lowest BCUT2D eigenvalue weighted by Crippen LogP contribution is -2.35. The second-order valence-corrected chi connectivity index (χ2v) is 12.9. The standard InChI is InChI=1S/C28H59N3O.C4H10O4S/c1-6-7-8-9-10-11-12-13-14-15-16-17-18-19-20-23-28(32)31(26-21-24-29(2)3)27-22-25-30(4)5;1-3-7-9(5,6)8-4-2/h6-27H2,1-5H3;3-4H2,1-2H3. The summed E-state index contributed by atoms with van der Waals surface area (Å²) in [6.45, 7) is 9.59. The van der Waals surface area contributed by atoms with E-state index >= 15 is 0 Å². The zero-order valence-corrected chi connectivity index (χ0v) is 29.1. The molecule has 0 heterocycles. The molecule has 9 heteroatoms. The van der Waals surface area contributed by atoms with E-state index in [1.807, 2.05) is 0 Å². The summed E-state index contributed by atoms with van der Waals surface area (Å²) < 4.78 is 29.2. The van der Waals surface area contributed by atoms with Gasteiger partial charge < -0.3 is 14.7 Å². The fraction of sp³-hybridized carbons (Fsp3) is 0.969. The molecule has 0 radical (unpaired) electrons. The summed E-state index contributed by atoms with van der Waals surface area (Å²) in [4.78, 5) is 19.3. The average Bonchev–Trinajstić information content (AvgIpc) is 2.89. The van der Waals surface area contributed by atoms with Gasteiger partial charge in [0.1, 0.15) is 0 Å². The molecule has 0 N–H and O–H groups in total. The normalized spacial score (nSPS) is 11.6. The van der Waals surface area contributed by atoms with Gasteiger partial charge in [0.05, 0.1) is 13.2 Å². The Morgan fingerprint density at radius 2 is 0.854 bits per heavy atom. The Labute approximate surface area is 256 Å². The number of hydrogen-bond donors (Lipinski definition) is 0. The van der Waals surface area contributed by atoms with Crippen LogP contribution in [0, 0.1) is 0 Å². The Bertz CT molecular complexity index is 634. The minimum Gasteiger partial charge on any atom is -0.343 e. The molecule has 41 heavy (non-hydrogen) atoms. The van der Waals surface area contributed by atoms with Crippen molar-refractivity contribution < 1.29 is 21.6 Å².